The highest BCUT2D eigenvalue weighted by Gasteiger charge is 2.17. The van der Waals surface area contributed by atoms with Gasteiger partial charge in [-0.1, -0.05) is 140 Å². The number of nitriles is 1. The lowest BCUT2D eigenvalue weighted by molar-refractivity contribution is 1.18. The van der Waals surface area contributed by atoms with E-state index in [0.717, 1.165) is 61.1 Å². The highest BCUT2D eigenvalue weighted by Crippen LogP contribution is 2.43. The molecule has 12 rings (SSSR count). The quantitative estimate of drug-likeness (QED) is 0.165. The molecule has 10 aromatic carbocycles. The van der Waals surface area contributed by atoms with Crippen LogP contribution in [0.4, 0.5) is 0 Å². The topological polar surface area (TPSA) is 41.6 Å². The van der Waals surface area contributed by atoms with Gasteiger partial charge in [0.1, 0.15) is 0 Å². The number of aromatic nitrogens is 2. The molecule has 0 radical (unpaired) electrons. The Balaban J connectivity index is 0.953. The summed E-state index contributed by atoms with van der Waals surface area (Å²) in [5, 5.41) is 21.8. The van der Waals surface area contributed by atoms with Crippen LogP contribution in [0.25, 0.3) is 115 Å². The molecule has 0 fully saturated rings. The molecule has 0 amide bonds. The van der Waals surface area contributed by atoms with Crippen LogP contribution >= 0.6 is 0 Å². The number of benzene rings is 10. The minimum absolute atomic E-state index is 0.664. The predicted octanol–water partition coefficient (Wildman–Crippen LogP) is 14.8. The van der Waals surface area contributed by atoms with Crippen molar-refractivity contribution in [2.45, 2.75) is 0 Å². The fourth-order valence-corrected chi connectivity index (χ4v) is 9.35. The smallest absolute Gasteiger partial charge is 0.0991 e. The van der Waals surface area contributed by atoms with Gasteiger partial charge in [0.25, 0.3) is 0 Å². The molecule has 0 aliphatic rings. The molecule has 59 heavy (non-hydrogen) atoms. The number of hydrogen-bond donors (Lipinski definition) is 0. The molecule has 272 valence electrons. The molecular weight excluding hydrogens is 715 g/mol. The Morgan fingerprint density at radius 2 is 0.966 bits per heavy atom. The molecule has 0 aliphatic carbocycles. The number of rotatable bonds is 5. The second kappa shape index (κ2) is 13.0. The van der Waals surface area contributed by atoms with Gasteiger partial charge in [0.15, 0.2) is 0 Å². The van der Waals surface area contributed by atoms with E-state index in [1.807, 2.05) is 24.3 Å². The summed E-state index contributed by atoms with van der Waals surface area (Å²) in [5.74, 6) is 0. The largest absolute Gasteiger partial charge is 0.309 e. The molecule has 2 heterocycles. The lowest BCUT2D eigenvalue weighted by Crippen LogP contribution is -1.93. The zero-order valence-electron chi connectivity index (χ0n) is 31.9. The highest BCUT2D eigenvalue weighted by atomic mass is 15.0. The first-order chi connectivity index (χ1) is 29.2. The summed E-state index contributed by atoms with van der Waals surface area (Å²) in [7, 11) is 0. The van der Waals surface area contributed by atoms with E-state index >= 15 is 0 Å². The van der Waals surface area contributed by atoms with E-state index in [1.54, 1.807) is 0 Å². The average Bonchev–Trinajstić information content (AvgIpc) is 3.63. The summed E-state index contributed by atoms with van der Waals surface area (Å²) < 4.78 is 2.31. The van der Waals surface area contributed by atoms with Crippen molar-refractivity contribution in [1.82, 2.24) is 9.55 Å². The first-order valence-electron chi connectivity index (χ1n) is 20.0. The number of nitrogens with zero attached hydrogens (tertiary/aromatic N) is 3. The van der Waals surface area contributed by atoms with Crippen LogP contribution in [0.5, 0.6) is 0 Å². The lowest BCUT2D eigenvalue weighted by atomic mass is 9.87. The van der Waals surface area contributed by atoms with Crippen LogP contribution in [0.15, 0.2) is 200 Å². The summed E-state index contributed by atoms with van der Waals surface area (Å²) in [6.07, 6.45) is 0. The zero-order valence-corrected chi connectivity index (χ0v) is 31.9. The van der Waals surface area contributed by atoms with Gasteiger partial charge in [-0.2, -0.15) is 5.26 Å². The molecule has 0 unspecified atom stereocenters. The third-order valence-electron chi connectivity index (χ3n) is 12.2. The van der Waals surface area contributed by atoms with Crippen LogP contribution in [0.3, 0.4) is 0 Å². The number of hydrogen-bond acceptors (Lipinski definition) is 2. The van der Waals surface area contributed by atoms with Gasteiger partial charge in [0.05, 0.1) is 34.1 Å². The Morgan fingerprint density at radius 1 is 0.373 bits per heavy atom. The monoisotopic (exact) mass is 747 g/mol. The van der Waals surface area contributed by atoms with Gasteiger partial charge in [-0.05, 0) is 126 Å². The van der Waals surface area contributed by atoms with Crippen molar-refractivity contribution in [1.29, 1.82) is 5.26 Å². The van der Waals surface area contributed by atoms with Crippen LogP contribution in [0.2, 0.25) is 0 Å². The summed E-state index contributed by atoms with van der Waals surface area (Å²) >= 11 is 0. The van der Waals surface area contributed by atoms with E-state index in [4.69, 9.17) is 4.98 Å². The van der Waals surface area contributed by atoms with Gasteiger partial charge in [0, 0.05) is 27.6 Å². The Kier molecular flexibility index (Phi) is 7.29. The molecule has 12 aromatic rings. The van der Waals surface area contributed by atoms with E-state index < -0.39 is 0 Å². The second-order valence-corrected chi connectivity index (χ2v) is 15.4. The second-order valence-electron chi connectivity index (χ2n) is 15.4. The van der Waals surface area contributed by atoms with Crippen molar-refractivity contribution in [3.8, 4) is 56.5 Å². The Hall–Kier alpha value is -8.06. The van der Waals surface area contributed by atoms with Crippen molar-refractivity contribution in [2.24, 2.45) is 0 Å². The third-order valence-corrected chi connectivity index (χ3v) is 12.2. The van der Waals surface area contributed by atoms with E-state index in [0.29, 0.717) is 5.56 Å². The van der Waals surface area contributed by atoms with Gasteiger partial charge >= 0.3 is 0 Å². The fourth-order valence-electron chi connectivity index (χ4n) is 9.35. The van der Waals surface area contributed by atoms with Crippen molar-refractivity contribution >= 4 is 64.9 Å². The van der Waals surface area contributed by atoms with Crippen LogP contribution in [-0.4, -0.2) is 9.55 Å². The van der Waals surface area contributed by atoms with Crippen LogP contribution < -0.4 is 0 Å². The van der Waals surface area contributed by atoms with Crippen LogP contribution in [0.1, 0.15) is 5.56 Å². The van der Waals surface area contributed by atoms with E-state index in [9.17, 15) is 5.26 Å². The van der Waals surface area contributed by atoms with Gasteiger partial charge in [-0.15, -0.1) is 0 Å². The van der Waals surface area contributed by atoms with Crippen molar-refractivity contribution < 1.29 is 0 Å². The first-order valence-corrected chi connectivity index (χ1v) is 20.0. The maximum absolute atomic E-state index is 9.68. The highest BCUT2D eigenvalue weighted by molar-refractivity contribution is 6.27. The Morgan fingerprint density at radius 3 is 1.73 bits per heavy atom. The molecule has 0 saturated heterocycles. The summed E-state index contributed by atoms with van der Waals surface area (Å²) in [6.45, 7) is 0. The predicted molar refractivity (Wildman–Crippen MR) is 246 cm³/mol. The number of fused-ring (bicyclic) bond motifs is 4. The molecule has 0 atom stereocenters. The first kappa shape index (κ1) is 33.1. The van der Waals surface area contributed by atoms with Gasteiger partial charge in [-0.3, -0.25) is 0 Å². The van der Waals surface area contributed by atoms with Crippen LogP contribution in [-0.2, 0) is 0 Å². The Labute approximate surface area is 340 Å². The summed E-state index contributed by atoms with van der Waals surface area (Å²) in [5.41, 5.74) is 12.9. The maximum atomic E-state index is 9.68. The lowest BCUT2D eigenvalue weighted by Gasteiger charge is -2.17. The molecule has 0 aliphatic heterocycles. The standard InChI is InChI=1S/C56H33N3/c57-34-35-14-29-53-50(30-35)47-26-23-42(33-54(47)59(53)44-10-5-2-6-11-44)40-15-16-41-32-43(18-17-39(41)31-40)45-24-19-37-22-28-49-46(25-20-38-21-27-48(45)55(37)56(38)49)52-13-7-12-51(58-52)36-8-3-1-4-9-36/h1-33H. The average molecular weight is 748 g/mol. The normalized spacial score (nSPS) is 11.7. The zero-order chi connectivity index (χ0) is 39.0. The molecular formula is C56H33N3. The SMILES string of the molecule is N#Cc1ccc2c(c1)c1ccc(-c3ccc4cc(-c5ccc6ccc7c(-c8cccc(-c9ccccc9)n8)ccc8ccc5c6c87)ccc4c3)cc1n2-c1ccccc1. The van der Waals surface area contributed by atoms with Gasteiger partial charge in [-0.25, -0.2) is 4.98 Å². The molecule has 0 bridgehead atoms. The minimum Gasteiger partial charge on any atom is -0.309 e. The van der Waals surface area contributed by atoms with Gasteiger partial charge in [0.2, 0.25) is 0 Å². The third kappa shape index (κ3) is 5.24. The molecule has 3 heteroatoms. The molecule has 0 saturated carbocycles. The molecule has 0 N–H and O–H groups in total. The molecule has 2 aromatic heterocycles. The van der Waals surface area contributed by atoms with Crippen molar-refractivity contribution in [2.75, 3.05) is 0 Å². The number of para-hydroxylation sites is 1. The fraction of sp³-hybridized carbons (Fsp3) is 0. The van der Waals surface area contributed by atoms with Crippen molar-refractivity contribution in [3.05, 3.63) is 206 Å². The van der Waals surface area contributed by atoms with Crippen molar-refractivity contribution in [3.63, 3.8) is 0 Å². The van der Waals surface area contributed by atoms with E-state index in [2.05, 4.69) is 187 Å². The summed E-state index contributed by atoms with van der Waals surface area (Å²) in [6, 6.07) is 74.0. The van der Waals surface area contributed by atoms with Crippen LogP contribution in [0, 0.1) is 11.3 Å². The molecule has 0 spiro atoms. The maximum Gasteiger partial charge on any atom is 0.0991 e. The Bertz CT molecular complexity index is 3670. The van der Waals surface area contributed by atoms with E-state index in [-0.39, 0.29) is 0 Å². The summed E-state index contributed by atoms with van der Waals surface area (Å²) in [4.78, 5) is 5.15. The minimum atomic E-state index is 0.664. The number of pyridine rings is 1. The molecule has 3 nitrogen and oxygen atoms in total. The van der Waals surface area contributed by atoms with Gasteiger partial charge < -0.3 is 4.57 Å². The van der Waals surface area contributed by atoms with E-state index in [1.165, 1.54) is 54.2 Å².